The van der Waals surface area contributed by atoms with Crippen molar-refractivity contribution in [1.82, 2.24) is 5.32 Å². The molecule has 4 rings (SSSR count). The highest BCUT2D eigenvalue weighted by Gasteiger charge is 2.31. The molecule has 1 aliphatic heterocycles. The SMILES string of the molecule is COc1cc(CNC(=O)c2cc(S(=O)(=O)N3CCc4ccccc43)ccc2OC)cc(OC)c1. The molecule has 34 heavy (non-hydrogen) atoms. The first-order valence-electron chi connectivity index (χ1n) is 10.7. The van der Waals surface area contributed by atoms with Gasteiger partial charge in [0.25, 0.3) is 15.9 Å². The number of carbonyl (C=O) groups is 1. The van der Waals surface area contributed by atoms with Crippen molar-refractivity contribution in [3.8, 4) is 17.2 Å². The van der Waals surface area contributed by atoms with E-state index in [9.17, 15) is 13.2 Å². The number of ether oxygens (including phenoxy) is 3. The zero-order chi connectivity index (χ0) is 24.3. The molecule has 0 saturated heterocycles. The lowest BCUT2D eigenvalue weighted by atomic mass is 10.1. The van der Waals surface area contributed by atoms with E-state index in [0.29, 0.717) is 30.2 Å². The highest BCUT2D eigenvalue weighted by Crippen LogP contribution is 2.34. The molecule has 0 saturated carbocycles. The quantitative estimate of drug-likeness (QED) is 0.529. The third-order valence-electron chi connectivity index (χ3n) is 5.71. The summed E-state index contributed by atoms with van der Waals surface area (Å²) in [6, 6.07) is 17.0. The summed E-state index contributed by atoms with van der Waals surface area (Å²) in [4.78, 5) is 13.1. The van der Waals surface area contributed by atoms with E-state index in [1.807, 2.05) is 18.2 Å². The van der Waals surface area contributed by atoms with Gasteiger partial charge in [-0.1, -0.05) is 18.2 Å². The Balaban J connectivity index is 1.60. The molecule has 0 spiro atoms. The number of nitrogens with one attached hydrogen (secondary N) is 1. The number of anilines is 1. The number of sulfonamides is 1. The fourth-order valence-electron chi connectivity index (χ4n) is 3.96. The second-order valence-electron chi connectivity index (χ2n) is 7.72. The molecular weight excluding hydrogens is 456 g/mol. The Morgan fingerprint density at radius 3 is 2.32 bits per heavy atom. The first kappa shape index (κ1) is 23.4. The molecule has 0 radical (unpaired) electrons. The van der Waals surface area contributed by atoms with E-state index < -0.39 is 15.9 Å². The third kappa shape index (κ3) is 4.51. The predicted octanol–water partition coefficient (Wildman–Crippen LogP) is 3.39. The van der Waals surface area contributed by atoms with Gasteiger partial charge in [0.2, 0.25) is 0 Å². The number of hydrogen-bond donors (Lipinski definition) is 1. The number of amides is 1. The molecule has 3 aromatic rings. The van der Waals surface area contributed by atoms with Gasteiger partial charge in [-0.05, 0) is 53.9 Å². The minimum atomic E-state index is -3.85. The summed E-state index contributed by atoms with van der Waals surface area (Å²) in [7, 11) is 0.678. The maximum atomic E-state index is 13.4. The lowest BCUT2D eigenvalue weighted by molar-refractivity contribution is 0.0947. The van der Waals surface area contributed by atoms with E-state index in [2.05, 4.69) is 5.32 Å². The fourth-order valence-corrected chi connectivity index (χ4v) is 5.49. The van der Waals surface area contributed by atoms with Gasteiger partial charge >= 0.3 is 0 Å². The van der Waals surface area contributed by atoms with Crippen LogP contribution in [-0.2, 0) is 23.0 Å². The highest BCUT2D eigenvalue weighted by molar-refractivity contribution is 7.92. The van der Waals surface area contributed by atoms with Crippen LogP contribution in [-0.4, -0.2) is 42.2 Å². The van der Waals surface area contributed by atoms with Crippen LogP contribution in [0.25, 0.3) is 0 Å². The van der Waals surface area contributed by atoms with Crippen molar-refractivity contribution >= 4 is 21.6 Å². The molecular formula is C25H26N2O6S. The first-order valence-corrected chi connectivity index (χ1v) is 12.1. The maximum absolute atomic E-state index is 13.4. The van der Waals surface area contributed by atoms with Crippen LogP contribution >= 0.6 is 0 Å². The third-order valence-corrected chi connectivity index (χ3v) is 7.52. The van der Waals surface area contributed by atoms with Crippen LogP contribution in [0.2, 0.25) is 0 Å². The molecule has 8 nitrogen and oxygen atoms in total. The van der Waals surface area contributed by atoms with Crippen molar-refractivity contribution in [2.75, 3.05) is 32.2 Å². The molecule has 0 aromatic heterocycles. The Bertz CT molecular complexity index is 1300. The molecule has 0 bridgehead atoms. The molecule has 1 heterocycles. The van der Waals surface area contributed by atoms with Gasteiger partial charge in [0.1, 0.15) is 17.2 Å². The zero-order valence-corrected chi connectivity index (χ0v) is 20.0. The monoisotopic (exact) mass is 482 g/mol. The van der Waals surface area contributed by atoms with E-state index in [1.54, 1.807) is 38.5 Å². The average molecular weight is 483 g/mol. The zero-order valence-electron chi connectivity index (χ0n) is 19.2. The van der Waals surface area contributed by atoms with Crippen molar-refractivity contribution in [2.45, 2.75) is 17.9 Å². The number of hydrogen-bond acceptors (Lipinski definition) is 6. The molecule has 0 aliphatic carbocycles. The van der Waals surface area contributed by atoms with Crippen LogP contribution in [0.5, 0.6) is 17.2 Å². The van der Waals surface area contributed by atoms with Gasteiger partial charge in [0.05, 0.1) is 37.5 Å². The molecule has 1 N–H and O–H groups in total. The van der Waals surface area contributed by atoms with Gasteiger partial charge in [-0.25, -0.2) is 8.42 Å². The standard InChI is InChI=1S/C25H26N2O6S/c1-31-19-12-17(13-20(14-19)32-2)16-26-25(28)22-15-21(8-9-24(22)33-3)34(29,30)27-11-10-18-6-4-5-7-23(18)27/h4-9,12-15H,10-11,16H2,1-3H3,(H,26,28). The van der Waals surface area contributed by atoms with Crippen molar-refractivity contribution in [1.29, 1.82) is 0 Å². The fraction of sp³-hybridized carbons (Fsp3) is 0.240. The Kier molecular flexibility index (Phi) is 6.65. The topological polar surface area (TPSA) is 94.2 Å². The molecule has 178 valence electrons. The van der Waals surface area contributed by atoms with Gasteiger partial charge in [0.15, 0.2) is 0 Å². The van der Waals surface area contributed by atoms with E-state index in [4.69, 9.17) is 14.2 Å². The number of nitrogens with zero attached hydrogens (tertiary/aromatic N) is 1. The van der Waals surface area contributed by atoms with Crippen LogP contribution in [0.15, 0.2) is 65.6 Å². The number of carbonyl (C=O) groups excluding carboxylic acids is 1. The average Bonchev–Trinajstić information content (AvgIpc) is 3.31. The van der Waals surface area contributed by atoms with Crippen molar-refractivity contribution in [3.63, 3.8) is 0 Å². The molecule has 9 heteroatoms. The summed E-state index contributed by atoms with van der Waals surface area (Å²) in [5.74, 6) is 1.01. The van der Waals surface area contributed by atoms with E-state index in [1.165, 1.54) is 29.6 Å². The molecule has 0 unspecified atom stereocenters. The van der Waals surface area contributed by atoms with Crippen molar-refractivity contribution in [3.05, 3.63) is 77.4 Å². The van der Waals surface area contributed by atoms with Crippen LogP contribution in [0.4, 0.5) is 5.69 Å². The minimum absolute atomic E-state index is 0.0261. The van der Waals surface area contributed by atoms with Gasteiger partial charge in [-0.15, -0.1) is 0 Å². The second-order valence-corrected chi connectivity index (χ2v) is 9.58. The number of fused-ring (bicyclic) bond motifs is 1. The second kappa shape index (κ2) is 9.64. The molecule has 3 aromatic carbocycles. The lowest BCUT2D eigenvalue weighted by Gasteiger charge is -2.20. The van der Waals surface area contributed by atoms with E-state index in [0.717, 1.165) is 11.1 Å². The van der Waals surface area contributed by atoms with Crippen LogP contribution in [0, 0.1) is 0 Å². The van der Waals surface area contributed by atoms with Crippen LogP contribution in [0.3, 0.4) is 0 Å². The summed E-state index contributed by atoms with van der Waals surface area (Å²) in [6.07, 6.45) is 0.642. The smallest absolute Gasteiger partial charge is 0.264 e. The molecule has 1 aliphatic rings. The van der Waals surface area contributed by atoms with Crippen LogP contribution in [0.1, 0.15) is 21.5 Å². The van der Waals surface area contributed by atoms with Gasteiger partial charge < -0.3 is 19.5 Å². The largest absolute Gasteiger partial charge is 0.497 e. The van der Waals surface area contributed by atoms with Crippen molar-refractivity contribution in [2.24, 2.45) is 0 Å². The molecule has 1 amide bonds. The number of para-hydroxylation sites is 1. The van der Waals surface area contributed by atoms with E-state index in [-0.39, 0.29) is 22.8 Å². The predicted molar refractivity (Wildman–Crippen MR) is 128 cm³/mol. The van der Waals surface area contributed by atoms with Gasteiger partial charge in [-0.2, -0.15) is 0 Å². The van der Waals surface area contributed by atoms with Gasteiger partial charge in [-0.3, -0.25) is 9.10 Å². The summed E-state index contributed by atoms with van der Waals surface area (Å²) in [5.41, 5.74) is 2.54. The Morgan fingerprint density at radius 1 is 0.941 bits per heavy atom. The number of rotatable bonds is 8. The van der Waals surface area contributed by atoms with Crippen molar-refractivity contribution < 1.29 is 27.4 Å². The first-order chi connectivity index (χ1) is 16.4. The molecule has 0 fully saturated rings. The minimum Gasteiger partial charge on any atom is -0.497 e. The highest BCUT2D eigenvalue weighted by atomic mass is 32.2. The van der Waals surface area contributed by atoms with Crippen LogP contribution < -0.4 is 23.8 Å². The summed E-state index contributed by atoms with van der Waals surface area (Å²) < 4.78 is 44.1. The number of benzene rings is 3. The Hall–Kier alpha value is -3.72. The number of methoxy groups -OCH3 is 3. The summed E-state index contributed by atoms with van der Waals surface area (Å²) in [5, 5.41) is 2.82. The maximum Gasteiger partial charge on any atom is 0.264 e. The Labute approximate surface area is 199 Å². The molecule has 0 atom stereocenters. The Morgan fingerprint density at radius 2 is 1.65 bits per heavy atom. The summed E-state index contributed by atoms with van der Waals surface area (Å²) >= 11 is 0. The lowest BCUT2D eigenvalue weighted by Crippen LogP contribution is -2.30. The van der Waals surface area contributed by atoms with E-state index >= 15 is 0 Å². The van der Waals surface area contributed by atoms with Gasteiger partial charge in [0, 0.05) is 19.2 Å². The summed E-state index contributed by atoms with van der Waals surface area (Å²) in [6.45, 7) is 0.541. The normalized spacial score (nSPS) is 12.7.